The fraction of sp³-hybridized carbons (Fsp3) is 0.263. The minimum Gasteiger partial charge on any atom is -0.326 e. The summed E-state index contributed by atoms with van der Waals surface area (Å²) >= 11 is 0. The van der Waals surface area contributed by atoms with Gasteiger partial charge in [0.05, 0.1) is 11.3 Å². The molecule has 0 aromatic heterocycles. The molecule has 0 saturated heterocycles. The second-order valence-electron chi connectivity index (χ2n) is 6.44. The zero-order valence-electron chi connectivity index (χ0n) is 14.3. The molecular weight excluding hydrogens is 364 g/mol. The molecule has 3 rings (SSSR count). The van der Waals surface area contributed by atoms with Crippen LogP contribution in [-0.4, -0.2) is 11.8 Å². The van der Waals surface area contributed by atoms with Crippen LogP contribution in [0.5, 0.6) is 0 Å². The van der Waals surface area contributed by atoms with Crippen LogP contribution in [0.15, 0.2) is 36.4 Å². The molecule has 1 aliphatic rings. The molecule has 27 heavy (non-hydrogen) atoms. The Morgan fingerprint density at radius 3 is 2.33 bits per heavy atom. The number of benzene rings is 2. The van der Waals surface area contributed by atoms with Crippen molar-refractivity contribution in [3.05, 3.63) is 58.9 Å². The van der Waals surface area contributed by atoms with E-state index in [1.807, 2.05) is 0 Å². The summed E-state index contributed by atoms with van der Waals surface area (Å²) in [5.74, 6) is -1.98. The van der Waals surface area contributed by atoms with Crippen molar-refractivity contribution in [2.45, 2.75) is 25.9 Å². The minimum atomic E-state index is -4.75. The first-order valence-electron chi connectivity index (χ1n) is 8.25. The molecule has 0 bridgehead atoms. The Hall–Kier alpha value is -2.90. The van der Waals surface area contributed by atoms with Crippen LogP contribution in [0.2, 0.25) is 0 Å². The van der Waals surface area contributed by atoms with Crippen LogP contribution < -0.4 is 10.6 Å². The van der Waals surface area contributed by atoms with E-state index in [1.54, 1.807) is 0 Å². The summed E-state index contributed by atoms with van der Waals surface area (Å²) in [6.45, 7) is 1.51. The van der Waals surface area contributed by atoms with E-state index in [2.05, 4.69) is 10.6 Å². The van der Waals surface area contributed by atoms with Crippen molar-refractivity contribution in [2.24, 2.45) is 5.92 Å². The van der Waals surface area contributed by atoms with Gasteiger partial charge in [-0.2, -0.15) is 13.2 Å². The summed E-state index contributed by atoms with van der Waals surface area (Å²) in [6, 6.07) is 6.76. The highest BCUT2D eigenvalue weighted by molar-refractivity contribution is 6.05. The predicted molar refractivity (Wildman–Crippen MR) is 91.9 cm³/mol. The number of halogens is 4. The van der Waals surface area contributed by atoms with E-state index in [4.69, 9.17) is 0 Å². The third-order valence-corrected chi connectivity index (χ3v) is 4.22. The van der Waals surface area contributed by atoms with Gasteiger partial charge in [-0.3, -0.25) is 9.59 Å². The van der Waals surface area contributed by atoms with Gasteiger partial charge in [-0.25, -0.2) is 4.39 Å². The van der Waals surface area contributed by atoms with Gasteiger partial charge in [0.15, 0.2) is 0 Å². The van der Waals surface area contributed by atoms with Crippen molar-refractivity contribution in [2.75, 3.05) is 10.6 Å². The molecule has 0 unspecified atom stereocenters. The predicted octanol–water partition coefficient (Wildman–Crippen LogP) is 4.75. The highest BCUT2D eigenvalue weighted by atomic mass is 19.4. The monoisotopic (exact) mass is 380 g/mol. The fourth-order valence-corrected chi connectivity index (χ4v) is 2.48. The zero-order chi connectivity index (χ0) is 19.8. The Labute approximate surface area is 152 Å². The number of amides is 2. The Morgan fingerprint density at radius 1 is 1.04 bits per heavy atom. The summed E-state index contributed by atoms with van der Waals surface area (Å²) in [7, 11) is 0. The standard InChI is InChI=1S/C19H16F4N2O2/c1-10-2-3-12(8-15(10)20)18(27)25-16-7-6-13(9-14(16)19(21,22)23)24-17(26)11-4-5-11/h2-3,6-9,11H,4-5H2,1H3,(H,24,26)(H,25,27). The number of alkyl halides is 3. The number of aryl methyl sites for hydroxylation is 1. The molecular formula is C19H16F4N2O2. The number of carbonyl (C=O) groups excluding carboxylic acids is 2. The number of carbonyl (C=O) groups is 2. The minimum absolute atomic E-state index is 0.00129. The average Bonchev–Trinajstić information content (AvgIpc) is 3.42. The Kier molecular flexibility index (Phi) is 4.91. The first-order chi connectivity index (χ1) is 12.6. The van der Waals surface area contributed by atoms with Crippen LogP contribution >= 0.6 is 0 Å². The normalized spacial score (nSPS) is 14.0. The molecule has 1 fully saturated rings. The summed E-state index contributed by atoms with van der Waals surface area (Å²) in [5, 5.41) is 4.60. The van der Waals surface area contributed by atoms with E-state index in [0.29, 0.717) is 5.56 Å². The van der Waals surface area contributed by atoms with Gasteiger partial charge in [-0.1, -0.05) is 6.07 Å². The molecule has 142 valence electrons. The molecule has 4 nitrogen and oxygen atoms in total. The van der Waals surface area contributed by atoms with Crippen molar-refractivity contribution < 1.29 is 27.2 Å². The molecule has 2 aromatic carbocycles. The smallest absolute Gasteiger partial charge is 0.326 e. The lowest BCUT2D eigenvalue weighted by Gasteiger charge is -2.16. The quantitative estimate of drug-likeness (QED) is 0.752. The molecule has 0 atom stereocenters. The maximum Gasteiger partial charge on any atom is 0.418 e. The van der Waals surface area contributed by atoms with Crippen LogP contribution in [0.4, 0.5) is 28.9 Å². The van der Waals surface area contributed by atoms with Gasteiger partial charge in [0.2, 0.25) is 5.91 Å². The van der Waals surface area contributed by atoms with Gasteiger partial charge in [-0.15, -0.1) is 0 Å². The van der Waals surface area contributed by atoms with E-state index >= 15 is 0 Å². The topological polar surface area (TPSA) is 58.2 Å². The second-order valence-corrected chi connectivity index (χ2v) is 6.44. The van der Waals surface area contributed by atoms with Crippen molar-refractivity contribution in [1.29, 1.82) is 0 Å². The maximum atomic E-state index is 13.6. The fourth-order valence-electron chi connectivity index (χ4n) is 2.48. The lowest BCUT2D eigenvalue weighted by atomic mass is 10.1. The molecule has 0 radical (unpaired) electrons. The van der Waals surface area contributed by atoms with Gasteiger partial charge < -0.3 is 10.6 Å². The summed E-state index contributed by atoms with van der Waals surface area (Å²) in [4.78, 5) is 23.9. The first kappa shape index (κ1) is 18.9. The number of nitrogens with one attached hydrogen (secondary N) is 2. The van der Waals surface area contributed by atoms with Crippen LogP contribution in [-0.2, 0) is 11.0 Å². The summed E-state index contributed by atoms with van der Waals surface area (Å²) in [6.07, 6.45) is -3.31. The third kappa shape index (κ3) is 4.45. The summed E-state index contributed by atoms with van der Waals surface area (Å²) < 4.78 is 53.7. The molecule has 0 spiro atoms. The van der Waals surface area contributed by atoms with E-state index in [-0.39, 0.29) is 23.1 Å². The molecule has 0 heterocycles. The number of anilines is 2. The molecule has 8 heteroatoms. The van der Waals surface area contributed by atoms with E-state index in [0.717, 1.165) is 31.0 Å². The third-order valence-electron chi connectivity index (χ3n) is 4.22. The van der Waals surface area contributed by atoms with Crippen LogP contribution in [0.1, 0.15) is 34.3 Å². The van der Waals surface area contributed by atoms with Crippen molar-refractivity contribution in [1.82, 2.24) is 0 Å². The number of hydrogen-bond donors (Lipinski definition) is 2. The zero-order valence-corrected chi connectivity index (χ0v) is 14.3. The molecule has 2 amide bonds. The maximum absolute atomic E-state index is 13.6. The van der Waals surface area contributed by atoms with Crippen molar-refractivity contribution in [3.8, 4) is 0 Å². The lowest BCUT2D eigenvalue weighted by Crippen LogP contribution is -2.18. The highest BCUT2D eigenvalue weighted by Crippen LogP contribution is 2.37. The molecule has 1 saturated carbocycles. The van der Waals surface area contributed by atoms with E-state index in [1.165, 1.54) is 25.1 Å². The van der Waals surface area contributed by atoms with Gasteiger partial charge in [0, 0.05) is 17.2 Å². The van der Waals surface area contributed by atoms with Crippen molar-refractivity contribution in [3.63, 3.8) is 0 Å². The average molecular weight is 380 g/mol. The summed E-state index contributed by atoms with van der Waals surface area (Å²) in [5.41, 5.74) is -1.36. The van der Waals surface area contributed by atoms with Gasteiger partial charge >= 0.3 is 6.18 Å². The van der Waals surface area contributed by atoms with Gasteiger partial charge in [0.1, 0.15) is 5.82 Å². The van der Waals surface area contributed by atoms with E-state index in [9.17, 15) is 27.2 Å². The molecule has 2 aromatic rings. The first-order valence-corrected chi connectivity index (χ1v) is 8.25. The Bertz CT molecular complexity index is 905. The van der Waals surface area contributed by atoms with Crippen LogP contribution in [0.25, 0.3) is 0 Å². The number of rotatable bonds is 4. The highest BCUT2D eigenvalue weighted by Gasteiger charge is 2.35. The van der Waals surface area contributed by atoms with Crippen LogP contribution in [0, 0.1) is 18.7 Å². The second kappa shape index (κ2) is 7.02. The van der Waals surface area contributed by atoms with Gasteiger partial charge in [0.25, 0.3) is 5.91 Å². The lowest BCUT2D eigenvalue weighted by molar-refractivity contribution is -0.137. The Balaban J connectivity index is 1.85. The van der Waals surface area contributed by atoms with Gasteiger partial charge in [-0.05, 0) is 55.7 Å². The van der Waals surface area contributed by atoms with Crippen LogP contribution in [0.3, 0.4) is 0 Å². The molecule has 1 aliphatic carbocycles. The largest absolute Gasteiger partial charge is 0.418 e. The van der Waals surface area contributed by atoms with E-state index < -0.39 is 29.2 Å². The van der Waals surface area contributed by atoms with Crippen molar-refractivity contribution >= 4 is 23.2 Å². The SMILES string of the molecule is Cc1ccc(C(=O)Nc2ccc(NC(=O)C3CC3)cc2C(F)(F)F)cc1F. The molecule has 2 N–H and O–H groups in total. The number of hydrogen-bond acceptors (Lipinski definition) is 2. The molecule has 0 aliphatic heterocycles. The Morgan fingerprint density at radius 2 is 1.74 bits per heavy atom.